The normalized spacial score (nSPS) is 10.9. The van der Waals surface area contributed by atoms with Gasteiger partial charge in [-0.05, 0) is 30.7 Å². The van der Waals surface area contributed by atoms with Crippen LogP contribution in [0.3, 0.4) is 0 Å². The van der Waals surface area contributed by atoms with Gasteiger partial charge >= 0.3 is 5.69 Å². The van der Waals surface area contributed by atoms with Crippen molar-refractivity contribution in [2.24, 2.45) is 0 Å². The van der Waals surface area contributed by atoms with Crippen LogP contribution in [0.25, 0.3) is 11.0 Å². The van der Waals surface area contributed by atoms with Crippen LogP contribution in [0.4, 0.5) is 5.69 Å². The quantitative estimate of drug-likeness (QED) is 0.599. The fourth-order valence-corrected chi connectivity index (χ4v) is 3.71. The molecule has 1 N–H and O–H groups in total. The zero-order valence-electron chi connectivity index (χ0n) is 16.7. The van der Waals surface area contributed by atoms with Crippen LogP contribution in [-0.2, 0) is 22.7 Å². The van der Waals surface area contributed by atoms with Crippen LogP contribution in [0, 0.1) is 0 Å². The van der Waals surface area contributed by atoms with Crippen molar-refractivity contribution in [3.8, 4) is 0 Å². The molecule has 0 spiro atoms. The summed E-state index contributed by atoms with van der Waals surface area (Å²) >= 11 is 12.1. The third-order valence-electron chi connectivity index (χ3n) is 4.70. The molecule has 7 nitrogen and oxygen atoms in total. The Hall–Kier alpha value is -2.77. The molecule has 3 aromatic rings. The number of benzene rings is 2. The number of hydrogen-bond donors (Lipinski definition) is 1. The van der Waals surface area contributed by atoms with Gasteiger partial charge in [-0.2, -0.15) is 0 Å². The van der Waals surface area contributed by atoms with Gasteiger partial charge in [0.1, 0.15) is 6.54 Å². The number of hydrogen-bond acceptors (Lipinski definition) is 3. The van der Waals surface area contributed by atoms with Gasteiger partial charge in [0, 0.05) is 13.6 Å². The first-order valence-corrected chi connectivity index (χ1v) is 10.2. The zero-order chi connectivity index (χ0) is 21.8. The standard InChI is InChI=1S/C21H22Cl2N4O3/c1-3-11-26-16-9-4-5-10-17(16)27(21(26)30)13-19(29)25(2)12-18(28)24-20-14(22)7-6-8-15(20)23/h4-10H,3,11-13H2,1-2H3,(H,24,28). The largest absolute Gasteiger partial charge is 0.335 e. The van der Waals surface area contributed by atoms with Crippen LogP contribution in [-0.4, -0.2) is 39.4 Å². The lowest BCUT2D eigenvalue weighted by Crippen LogP contribution is -2.38. The molecule has 30 heavy (non-hydrogen) atoms. The summed E-state index contributed by atoms with van der Waals surface area (Å²) in [5, 5.41) is 3.23. The Balaban J connectivity index is 1.74. The van der Waals surface area contributed by atoms with E-state index >= 15 is 0 Å². The van der Waals surface area contributed by atoms with Crippen molar-refractivity contribution in [3.63, 3.8) is 0 Å². The summed E-state index contributed by atoms with van der Waals surface area (Å²) in [6, 6.07) is 12.2. The van der Waals surface area contributed by atoms with Gasteiger partial charge in [-0.3, -0.25) is 18.7 Å². The number of aromatic nitrogens is 2. The fraction of sp³-hybridized carbons (Fsp3) is 0.286. The third-order valence-corrected chi connectivity index (χ3v) is 5.33. The van der Waals surface area contributed by atoms with Gasteiger partial charge in [-0.25, -0.2) is 4.79 Å². The Kier molecular flexibility index (Phi) is 6.84. The number of halogens is 2. The van der Waals surface area contributed by atoms with Crippen LogP contribution in [0.15, 0.2) is 47.3 Å². The van der Waals surface area contributed by atoms with Crippen molar-refractivity contribution in [2.45, 2.75) is 26.4 Å². The smallest absolute Gasteiger partial charge is 0.329 e. The number of nitrogens with zero attached hydrogens (tertiary/aromatic N) is 3. The van der Waals surface area contributed by atoms with Gasteiger partial charge < -0.3 is 10.2 Å². The van der Waals surface area contributed by atoms with Crippen molar-refractivity contribution in [2.75, 3.05) is 18.9 Å². The SMILES string of the molecule is CCCn1c(=O)n(CC(=O)N(C)CC(=O)Nc2c(Cl)cccc2Cl)c2ccccc21. The van der Waals surface area contributed by atoms with Crippen molar-refractivity contribution in [1.29, 1.82) is 0 Å². The van der Waals surface area contributed by atoms with Crippen LogP contribution in [0.5, 0.6) is 0 Å². The maximum absolute atomic E-state index is 12.8. The Labute approximate surface area is 183 Å². The highest BCUT2D eigenvalue weighted by atomic mass is 35.5. The molecule has 0 fully saturated rings. The predicted octanol–water partition coefficient (Wildman–Crippen LogP) is 3.62. The van der Waals surface area contributed by atoms with Gasteiger partial charge in [0.2, 0.25) is 11.8 Å². The highest BCUT2D eigenvalue weighted by Crippen LogP contribution is 2.29. The second-order valence-electron chi connectivity index (χ2n) is 6.90. The molecule has 3 rings (SSSR count). The monoisotopic (exact) mass is 448 g/mol. The minimum Gasteiger partial charge on any atom is -0.335 e. The highest BCUT2D eigenvalue weighted by molar-refractivity contribution is 6.39. The fourth-order valence-electron chi connectivity index (χ4n) is 3.22. The number of carbonyl (C=O) groups is 2. The minimum absolute atomic E-state index is 0.160. The number of rotatable bonds is 7. The molecule has 0 bridgehead atoms. The predicted molar refractivity (Wildman–Crippen MR) is 119 cm³/mol. The molecular weight excluding hydrogens is 427 g/mol. The van der Waals surface area contributed by atoms with E-state index in [9.17, 15) is 14.4 Å². The molecule has 0 aliphatic rings. The molecule has 0 aliphatic heterocycles. The maximum Gasteiger partial charge on any atom is 0.329 e. The number of likely N-dealkylation sites (N-methyl/N-ethyl adjacent to an activating group) is 1. The lowest BCUT2D eigenvalue weighted by atomic mass is 10.3. The van der Waals surface area contributed by atoms with Crippen LogP contribution < -0.4 is 11.0 Å². The van der Waals surface area contributed by atoms with Gasteiger partial charge in [0.15, 0.2) is 0 Å². The highest BCUT2D eigenvalue weighted by Gasteiger charge is 2.19. The average Bonchev–Trinajstić information content (AvgIpc) is 2.97. The number of imidazole rings is 1. The van der Waals surface area contributed by atoms with Crippen molar-refractivity contribution in [3.05, 3.63) is 63.0 Å². The summed E-state index contributed by atoms with van der Waals surface area (Å²) in [4.78, 5) is 39.2. The van der Waals surface area contributed by atoms with Gasteiger partial charge in [-0.15, -0.1) is 0 Å². The molecule has 9 heteroatoms. The van der Waals surface area contributed by atoms with Gasteiger partial charge in [-0.1, -0.05) is 48.3 Å². The molecule has 0 radical (unpaired) electrons. The number of nitrogens with one attached hydrogen (secondary N) is 1. The summed E-state index contributed by atoms with van der Waals surface area (Å²) in [6.07, 6.45) is 0.798. The molecule has 1 aromatic heterocycles. The molecule has 0 saturated carbocycles. The van der Waals surface area contributed by atoms with Crippen LogP contribution in [0.2, 0.25) is 10.0 Å². The topological polar surface area (TPSA) is 76.3 Å². The molecule has 0 unspecified atom stereocenters. The van der Waals surface area contributed by atoms with Crippen LogP contribution >= 0.6 is 23.2 Å². The summed E-state index contributed by atoms with van der Waals surface area (Å²) in [6.45, 7) is 2.19. The van der Waals surface area contributed by atoms with E-state index < -0.39 is 5.91 Å². The summed E-state index contributed by atoms with van der Waals surface area (Å²) in [5.74, 6) is -0.807. The molecular formula is C21H22Cl2N4O3. The van der Waals surface area contributed by atoms with E-state index in [2.05, 4.69) is 5.32 Å². The van der Waals surface area contributed by atoms with Crippen LogP contribution in [0.1, 0.15) is 13.3 Å². The maximum atomic E-state index is 12.8. The summed E-state index contributed by atoms with van der Waals surface area (Å²) in [5.41, 5.74) is 1.52. The Bertz CT molecular complexity index is 1130. The van der Waals surface area contributed by atoms with Crippen molar-refractivity contribution < 1.29 is 9.59 Å². The lowest BCUT2D eigenvalue weighted by molar-refractivity contribution is -0.133. The number of fused-ring (bicyclic) bond motifs is 1. The van der Waals surface area contributed by atoms with Gasteiger partial charge in [0.05, 0.1) is 33.3 Å². The summed E-state index contributed by atoms with van der Waals surface area (Å²) in [7, 11) is 1.51. The van der Waals surface area contributed by atoms with E-state index in [4.69, 9.17) is 23.2 Å². The number of aryl methyl sites for hydroxylation is 1. The van der Waals surface area contributed by atoms with E-state index in [1.165, 1.54) is 16.5 Å². The molecule has 0 aliphatic carbocycles. The first-order chi connectivity index (χ1) is 14.3. The van der Waals surface area contributed by atoms with E-state index in [0.29, 0.717) is 27.8 Å². The Morgan fingerprint density at radius 1 is 1.00 bits per heavy atom. The van der Waals surface area contributed by atoms with Gasteiger partial charge in [0.25, 0.3) is 0 Å². The number of para-hydroxylation sites is 3. The lowest BCUT2D eigenvalue weighted by Gasteiger charge is -2.18. The van der Waals surface area contributed by atoms with E-state index in [1.807, 2.05) is 31.2 Å². The Morgan fingerprint density at radius 3 is 2.20 bits per heavy atom. The average molecular weight is 449 g/mol. The van der Waals surface area contributed by atoms with Crippen molar-refractivity contribution >= 4 is 51.7 Å². The van der Waals surface area contributed by atoms with E-state index in [-0.39, 0.29) is 24.7 Å². The minimum atomic E-state index is -0.443. The second kappa shape index (κ2) is 9.36. The molecule has 1 heterocycles. The van der Waals surface area contributed by atoms with E-state index in [0.717, 1.165) is 11.9 Å². The first-order valence-electron chi connectivity index (χ1n) is 9.49. The second-order valence-corrected chi connectivity index (χ2v) is 7.72. The third kappa shape index (κ3) is 4.52. The molecule has 158 valence electrons. The zero-order valence-corrected chi connectivity index (χ0v) is 18.2. The molecule has 2 amide bonds. The number of amides is 2. The molecule has 0 saturated heterocycles. The molecule has 0 atom stereocenters. The van der Waals surface area contributed by atoms with Crippen molar-refractivity contribution in [1.82, 2.24) is 14.0 Å². The summed E-state index contributed by atoms with van der Waals surface area (Å²) < 4.78 is 3.10. The van der Waals surface area contributed by atoms with E-state index in [1.54, 1.807) is 22.8 Å². The molecule has 2 aromatic carbocycles. The Morgan fingerprint density at radius 2 is 1.60 bits per heavy atom. The first kappa shape index (κ1) is 21.9. The number of carbonyl (C=O) groups excluding carboxylic acids is 2. The number of anilines is 1.